The van der Waals surface area contributed by atoms with Crippen molar-refractivity contribution >= 4 is 28.6 Å². The van der Waals surface area contributed by atoms with E-state index in [0.29, 0.717) is 0 Å². The van der Waals surface area contributed by atoms with Gasteiger partial charge in [-0.1, -0.05) is 0 Å². The number of hydrogen-bond donors (Lipinski definition) is 1. The van der Waals surface area contributed by atoms with E-state index in [-0.39, 0.29) is 0 Å². The number of halogens is 1. The van der Waals surface area contributed by atoms with Crippen LogP contribution in [0, 0.1) is 10.5 Å². The predicted octanol–water partition coefficient (Wildman–Crippen LogP) is 1.44. The number of aliphatic carboxylic acids is 1. The van der Waals surface area contributed by atoms with Crippen LogP contribution in [0.5, 0.6) is 0 Å². The van der Waals surface area contributed by atoms with E-state index in [4.69, 9.17) is 5.11 Å². The predicted molar refractivity (Wildman–Crippen MR) is 52.0 cm³/mol. The Balaban J connectivity index is 3.03. The molecule has 66 valence electrons. The molecule has 12 heavy (non-hydrogen) atoms. The summed E-state index contributed by atoms with van der Waals surface area (Å²) in [4.78, 5) is 10.6. The molecule has 0 radical (unpaired) electrons. The van der Waals surface area contributed by atoms with Gasteiger partial charge in [0.25, 0.3) is 0 Å². The van der Waals surface area contributed by atoms with Gasteiger partial charge in [-0.05, 0) is 36.4 Å². The number of carboxylic acids is 1. The Bertz CT molecular complexity index is 308. The molecule has 0 bridgehead atoms. The highest BCUT2D eigenvalue weighted by Gasteiger charge is 2.16. The first-order chi connectivity index (χ1) is 5.54. The summed E-state index contributed by atoms with van der Waals surface area (Å²) in [6, 6.07) is -0.589. The fourth-order valence-corrected chi connectivity index (χ4v) is 1.27. The highest BCUT2D eigenvalue weighted by Crippen LogP contribution is 2.14. The number of carbonyl (C=O) groups is 1. The van der Waals surface area contributed by atoms with Gasteiger partial charge in [0.1, 0.15) is 6.04 Å². The number of aromatic nitrogens is 2. The molecule has 1 atom stereocenters. The van der Waals surface area contributed by atoms with E-state index in [1.54, 1.807) is 13.1 Å². The topological polar surface area (TPSA) is 55.1 Å². The van der Waals surface area contributed by atoms with Crippen molar-refractivity contribution in [2.24, 2.45) is 0 Å². The van der Waals surface area contributed by atoms with Crippen molar-refractivity contribution in [3.63, 3.8) is 0 Å². The van der Waals surface area contributed by atoms with Crippen LogP contribution in [-0.2, 0) is 4.79 Å². The molecule has 0 saturated heterocycles. The number of carboxylic acid groups (broad SMARTS) is 1. The summed E-state index contributed by atoms with van der Waals surface area (Å²) in [5.41, 5.74) is 0.894. The number of hydrogen-bond acceptors (Lipinski definition) is 2. The van der Waals surface area contributed by atoms with E-state index in [9.17, 15) is 4.79 Å². The van der Waals surface area contributed by atoms with Gasteiger partial charge in [-0.15, -0.1) is 0 Å². The summed E-state index contributed by atoms with van der Waals surface area (Å²) in [6.45, 7) is 3.46. The van der Waals surface area contributed by atoms with Crippen LogP contribution in [0.3, 0.4) is 0 Å². The van der Waals surface area contributed by atoms with Gasteiger partial charge in [0.2, 0.25) is 0 Å². The van der Waals surface area contributed by atoms with E-state index >= 15 is 0 Å². The second kappa shape index (κ2) is 3.42. The molecule has 0 aliphatic rings. The molecule has 0 fully saturated rings. The SMILES string of the molecule is Cc1c(I)cnn1C(C)C(=O)O. The molecule has 1 unspecified atom stereocenters. The molecule has 0 amide bonds. The Kier molecular flexibility index (Phi) is 2.71. The Labute approximate surface area is 83.7 Å². The number of rotatable bonds is 2. The summed E-state index contributed by atoms with van der Waals surface area (Å²) in [7, 11) is 0. The van der Waals surface area contributed by atoms with Crippen LogP contribution in [0.25, 0.3) is 0 Å². The maximum atomic E-state index is 10.6. The summed E-state index contributed by atoms with van der Waals surface area (Å²) >= 11 is 2.13. The van der Waals surface area contributed by atoms with Crippen molar-refractivity contribution in [1.29, 1.82) is 0 Å². The van der Waals surface area contributed by atoms with E-state index in [2.05, 4.69) is 27.7 Å². The highest BCUT2D eigenvalue weighted by atomic mass is 127. The lowest BCUT2D eigenvalue weighted by molar-refractivity contribution is -0.140. The van der Waals surface area contributed by atoms with Gasteiger partial charge in [0.05, 0.1) is 9.77 Å². The largest absolute Gasteiger partial charge is 0.480 e. The molecule has 1 aromatic rings. The molecule has 0 saturated carbocycles. The maximum absolute atomic E-state index is 10.6. The lowest BCUT2D eigenvalue weighted by Crippen LogP contribution is -2.17. The minimum atomic E-state index is -0.863. The first-order valence-electron chi connectivity index (χ1n) is 3.46. The van der Waals surface area contributed by atoms with Crippen LogP contribution in [0.2, 0.25) is 0 Å². The van der Waals surface area contributed by atoms with Crippen molar-refractivity contribution in [2.75, 3.05) is 0 Å². The third kappa shape index (κ3) is 1.60. The van der Waals surface area contributed by atoms with Crippen molar-refractivity contribution in [3.8, 4) is 0 Å². The third-order valence-corrected chi connectivity index (χ3v) is 2.77. The Hall–Kier alpha value is -0.590. The Morgan fingerprint density at radius 1 is 1.83 bits per heavy atom. The quantitative estimate of drug-likeness (QED) is 0.834. The highest BCUT2D eigenvalue weighted by molar-refractivity contribution is 14.1. The molecule has 0 aromatic carbocycles. The van der Waals surface area contributed by atoms with Crippen molar-refractivity contribution in [3.05, 3.63) is 15.5 Å². The molecule has 5 heteroatoms. The zero-order valence-corrected chi connectivity index (χ0v) is 8.94. The average Bonchev–Trinajstić information content (AvgIpc) is 2.32. The molecule has 0 aliphatic carbocycles. The second-order valence-electron chi connectivity index (χ2n) is 2.54. The molecule has 0 spiro atoms. The van der Waals surface area contributed by atoms with Gasteiger partial charge >= 0.3 is 5.97 Å². The van der Waals surface area contributed by atoms with Gasteiger partial charge in [-0.3, -0.25) is 4.68 Å². The van der Waals surface area contributed by atoms with Crippen molar-refractivity contribution < 1.29 is 9.90 Å². The summed E-state index contributed by atoms with van der Waals surface area (Å²) in [5, 5.41) is 12.7. The van der Waals surface area contributed by atoms with Crippen LogP contribution in [0.15, 0.2) is 6.20 Å². The molecular weight excluding hydrogens is 271 g/mol. The van der Waals surface area contributed by atoms with Gasteiger partial charge in [0.15, 0.2) is 0 Å². The average molecular weight is 280 g/mol. The van der Waals surface area contributed by atoms with E-state index in [0.717, 1.165) is 9.26 Å². The van der Waals surface area contributed by atoms with Crippen LogP contribution >= 0.6 is 22.6 Å². The zero-order chi connectivity index (χ0) is 9.30. The lowest BCUT2D eigenvalue weighted by atomic mass is 10.3. The summed E-state index contributed by atoms with van der Waals surface area (Å²) in [6.07, 6.45) is 1.66. The molecule has 1 N–H and O–H groups in total. The van der Waals surface area contributed by atoms with Gasteiger partial charge in [-0.2, -0.15) is 5.10 Å². The summed E-state index contributed by atoms with van der Waals surface area (Å²) in [5.74, 6) is -0.863. The Morgan fingerprint density at radius 2 is 2.42 bits per heavy atom. The zero-order valence-electron chi connectivity index (χ0n) is 6.78. The van der Waals surface area contributed by atoms with Crippen LogP contribution in [-0.4, -0.2) is 20.9 Å². The molecule has 1 aromatic heterocycles. The van der Waals surface area contributed by atoms with Crippen molar-refractivity contribution in [2.45, 2.75) is 19.9 Å². The Morgan fingerprint density at radius 3 is 2.75 bits per heavy atom. The summed E-state index contributed by atoms with van der Waals surface area (Å²) < 4.78 is 2.49. The van der Waals surface area contributed by atoms with E-state index in [1.807, 2.05) is 6.92 Å². The van der Waals surface area contributed by atoms with Crippen LogP contribution in [0.4, 0.5) is 0 Å². The lowest BCUT2D eigenvalue weighted by Gasteiger charge is -2.08. The molecule has 1 heterocycles. The monoisotopic (exact) mass is 280 g/mol. The van der Waals surface area contributed by atoms with Gasteiger partial charge in [-0.25, -0.2) is 4.79 Å². The minimum absolute atomic E-state index is 0.589. The van der Waals surface area contributed by atoms with E-state index < -0.39 is 12.0 Å². The first kappa shape index (κ1) is 9.50. The molecule has 4 nitrogen and oxygen atoms in total. The fourth-order valence-electron chi connectivity index (χ4n) is 0.897. The standard InChI is InChI=1S/C7H9IN2O2/c1-4-6(8)3-9-10(4)5(2)7(11)12/h3,5H,1-2H3,(H,11,12). The van der Waals surface area contributed by atoms with Gasteiger partial charge < -0.3 is 5.11 Å². The van der Waals surface area contributed by atoms with E-state index in [1.165, 1.54) is 4.68 Å². The second-order valence-corrected chi connectivity index (χ2v) is 3.70. The van der Waals surface area contributed by atoms with Crippen LogP contribution < -0.4 is 0 Å². The molecule has 1 rings (SSSR count). The maximum Gasteiger partial charge on any atom is 0.328 e. The molecule has 0 aliphatic heterocycles. The third-order valence-electron chi connectivity index (χ3n) is 1.71. The van der Waals surface area contributed by atoms with Crippen LogP contribution in [0.1, 0.15) is 18.7 Å². The first-order valence-corrected chi connectivity index (χ1v) is 4.54. The number of nitrogens with zero attached hydrogens (tertiary/aromatic N) is 2. The van der Waals surface area contributed by atoms with Gasteiger partial charge in [0, 0.05) is 5.69 Å². The fraction of sp³-hybridized carbons (Fsp3) is 0.429. The smallest absolute Gasteiger partial charge is 0.328 e. The minimum Gasteiger partial charge on any atom is -0.480 e. The normalized spacial score (nSPS) is 12.9. The van der Waals surface area contributed by atoms with Crippen molar-refractivity contribution in [1.82, 2.24) is 9.78 Å². The molecular formula is C7H9IN2O2.